The van der Waals surface area contributed by atoms with Gasteiger partial charge in [0.15, 0.2) is 0 Å². The number of rotatable bonds is 4. The number of aromatic amines is 1. The van der Waals surface area contributed by atoms with Crippen molar-refractivity contribution in [3.05, 3.63) is 52.1 Å². The Kier molecular flexibility index (Phi) is 4.63. The van der Waals surface area contributed by atoms with Gasteiger partial charge < -0.3 is 10.1 Å². The van der Waals surface area contributed by atoms with Gasteiger partial charge in [-0.1, -0.05) is 17.7 Å². The third kappa shape index (κ3) is 3.71. The summed E-state index contributed by atoms with van der Waals surface area (Å²) in [5.74, 6) is -0.622. The molecule has 1 amide bonds. The zero-order chi connectivity index (χ0) is 16.4. The first-order chi connectivity index (χ1) is 11.0. The minimum atomic E-state index is -0.489. The lowest BCUT2D eigenvalue weighted by molar-refractivity contribution is -0.121. The number of nitrogens with zero attached hydrogens (tertiary/aromatic N) is 1. The summed E-state index contributed by atoms with van der Waals surface area (Å²) in [6.45, 7) is 2.39. The SMILES string of the molecule is Cc1cc(CC(=O)N[C@@H]2CCO[C@H]2c2ccc(Cl)c(F)c2)n[nH]1. The molecule has 5 nitrogen and oxygen atoms in total. The van der Waals surface area contributed by atoms with Crippen LogP contribution < -0.4 is 5.32 Å². The van der Waals surface area contributed by atoms with Crippen LogP contribution in [-0.4, -0.2) is 28.8 Å². The molecule has 23 heavy (non-hydrogen) atoms. The van der Waals surface area contributed by atoms with Gasteiger partial charge in [0.25, 0.3) is 0 Å². The van der Waals surface area contributed by atoms with Gasteiger partial charge in [-0.3, -0.25) is 9.89 Å². The summed E-state index contributed by atoms with van der Waals surface area (Å²) in [5.41, 5.74) is 2.27. The Labute approximate surface area is 138 Å². The van der Waals surface area contributed by atoms with E-state index in [0.29, 0.717) is 24.3 Å². The molecule has 2 heterocycles. The highest BCUT2D eigenvalue weighted by molar-refractivity contribution is 6.30. The highest BCUT2D eigenvalue weighted by Crippen LogP contribution is 2.31. The van der Waals surface area contributed by atoms with Crippen molar-refractivity contribution in [3.63, 3.8) is 0 Å². The monoisotopic (exact) mass is 337 g/mol. The molecule has 2 aromatic rings. The van der Waals surface area contributed by atoms with E-state index in [-0.39, 0.29) is 29.5 Å². The lowest BCUT2D eigenvalue weighted by atomic mass is 10.0. The first-order valence-corrected chi connectivity index (χ1v) is 7.77. The predicted octanol–water partition coefficient (Wildman–Crippen LogP) is 2.70. The molecule has 3 rings (SSSR count). The minimum Gasteiger partial charge on any atom is -0.371 e. The molecule has 2 N–H and O–H groups in total. The van der Waals surface area contributed by atoms with Crippen molar-refractivity contribution in [1.29, 1.82) is 0 Å². The molecule has 1 aliphatic rings. The van der Waals surface area contributed by atoms with Gasteiger partial charge in [0.1, 0.15) is 11.9 Å². The third-order valence-corrected chi connectivity index (χ3v) is 4.12. The van der Waals surface area contributed by atoms with E-state index in [1.165, 1.54) is 12.1 Å². The number of benzene rings is 1. The van der Waals surface area contributed by atoms with Gasteiger partial charge in [-0.25, -0.2) is 4.39 Å². The van der Waals surface area contributed by atoms with E-state index in [1.54, 1.807) is 6.07 Å². The molecule has 0 radical (unpaired) electrons. The number of nitrogens with one attached hydrogen (secondary N) is 2. The van der Waals surface area contributed by atoms with Crippen molar-refractivity contribution in [1.82, 2.24) is 15.5 Å². The summed E-state index contributed by atoms with van der Waals surface area (Å²) in [5, 5.41) is 9.87. The molecule has 1 aromatic heterocycles. The van der Waals surface area contributed by atoms with Crippen molar-refractivity contribution in [2.75, 3.05) is 6.61 Å². The van der Waals surface area contributed by atoms with E-state index < -0.39 is 5.82 Å². The molecular weight excluding hydrogens is 321 g/mol. The third-order valence-electron chi connectivity index (χ3n) is 3.81. The highest BCUT2D eigenvalue weighted by Gasteiger charge is 2.31. The molecule has 0 spiro atoms. The average Bonchev–Trinajstić information content (AvgIpc) is 3.11. The maximum Gasteiger partial charge on any atom is 0.226 e. The Hall–Kier alpha value is -1.92. The molecule has 1 aliphatic heterocycles. The van der Waals surface area contributed by atoms with Crippen LogP contribution in [0.25, 0.3) is 0 Å². The molecule has 2 atom stereocenters. The smallest absolute Gasteiger partial charge is 0.226 e. The number of halogens is 2. The first-order valence-electron chi connectivity index (χ1n) is 7.40. The molecule has 122 valence electrons. The topological polar surface area (TPSA) is 67.0 Å². The van der Waals surface area contributed by atoms with Crippen LogP contribution in [0.15, 0.2) is 24.3 Å². The van der Waals surface area contributed by atoms with Crippen molar-refractivity contribution in [2.45, 2.75) is 31.9 Å². The Bertz CT molecular complexity index is 719. The Balaban J connectivity index is 1.66. The van der Waals surface area contributed by atoms with E-state index in [0.717, 1.165) is 5.69 Å². The summed E-state index contributed by atoms with van der Waals surface area (Å²) in [6, 6.07) is 6.21. The summed E-state index contributed by atoms with van der Waals surface area (Å²) < 4.78 is 19.3. The van der Waals surface area contributed by atoms with Gasteiger partial charge >= 0.3 is 0 Å². The number of ether oxygens (including phenoxy) is 1. The highest BCUT2D eigenvalue weighted by atomic mass is 35.5. The number of H-pyrrole nitrogens is 1. The Morgan fingerprint density at radius 1 is 1.52 bits per heavy atom. The van der Waals surface area contributed by atoms with Crippen LogP contribution in [0, 0.1) is 12.7 Å². The van der Waals surface area contributed by atoms with Crippen molar-refractivity contribution in [3.8, 4) is 0 Å². The average molecular weight is 338 g/mol. The fourth-order valence-electron chi connectivity index (χ4n) is 2.74. The number of aryl methyl sites for hydroxylation is 1. The lowest BCUT2D eigenvalue weighted by Gasteiger charge is -2.20. The van der Waals surface area contributed by atoms with Gasteiger partial charge in [0, 0.05) is 12.3 Å². The molecular formula is C16H17ClFN3O2. The van der Waals surface area contributed by atoms with E-state index in [1.807, 2.05) is 13.0 Å². The number of hydrogen-bond donors (Lipinski definition) is 2. The van der Waals surface area contributed by atoms with Crippen molar-refractivity contribution < 1.29 is 13.9 Å². The zero-order valence-corrected chi connectivity index (χ0v) is 13.4. The van der Waals surface area contributed by atoms with E-state index in [9.17, 15) is 9.18 Å². The van der Waals surface area contributed by atoms with Gasteiger partial charge in [-0.05, 0) is 37.1 Å². The largest absolute Gasteiger partial charge is 0.371 e. The van der Waals surface area contributed by atoms with Crippen molar-refractivity contribution in [2.24, 2.45) is 0 Å². The molecule has 1 fully saturated rings. The summed E-state index contributed by atoms with van der Waals surface area (Å²) in [7, 11) is 0. The number of carbonyl (C=O) groups is 1. The number of aromatic nitrogens is 2. The molecule has 1 saturated heterocycles. The quantitative estimate of drug-likeness (QED) is 0.901. The number of amides is 1. The maximum atomic E-state index is 13.6. The van der Waals surface area contributed by atoms with Crippen LogP contribution in [0.3, 0.4) is 0 Å². The van der Waals surface area contributed by atoms with Crippen molar-refractivity contribution >= 4 is 17.5 Å². The van der Waals surface area contributed by atoms with Gasteiger partial charge in [0.2, 0.25) is 5.91 Å². The van der Waals surface area contributed by atoms with Gasteiger partial charge in [-0.2, -0.15) is 5.10 Å². The molecule has 1 aromatic carbocycles. The molecule has 7 heteroatoms. The van der Waals surface area contributed by atoms with Crippen LogP contribution in [0.1, 0.15) is 29.5 Å². The fraction of sp³-hybridized carbons (Fsp3) is 0.375. The molecule has 0 saturated carbocycles. The number of hydrogen-bond acceptors (Lipinski definition) is 3. The van der Waals surface area contributed by atoms with E-state index in [4.69, 9.17) is 16.3 Å². The molecule has 0 aliphatic carbocycles. The second kappa shape index (κ2) is 6.68. The van der Waals surface area contributed by atoms with Crippen LogP contribution in [-0.2, 0) is 16.0 Å². The predicted molar refractivity (Wildman–Crippen MR) is 83.7 cm³/mol. The second-order valence-electron chi connectivity index (χ2n) is 5.65. The first kappa shape index (κ1) is 16.0. The fourth-order valence-corrected chi connectivity index (χ4v) is 2.86. The van der Waals surface area contributed by atoms with Crippen LogP contribution >= 0.6 is 11.6 Å². The number of carbonyl (C=O) groups excluding carboxylic acids is 1. The lowest BCUT2D eigenvalue weighted by Crippen LogP contribution is -2.37. The van der Waals surface area contributed by atoms with Crippen LogP contribution in [0.5, 0.6) is 0 Å². The standard InChI is InChI=1S/C16H17ClFN3O2/c1-9-6-11(21-20-9)8-15(22)19-14-4-5-23-16(14)10-2-3-12(17)13(18)7-10/h2-3,6-7,14,16H,4-5,8H2,1H3,(H,19,22)(H,20,21)/t14-,16+/m1/s1. The van der Waals surface area contributed by atoms with Crippen LogP contribution in [0.4, 0.5) is 4.39 Å². The Morgan fingerprint density at radius 3 is 3.04 bits per heavy atom. The maximum absolute atomic E-state index is 13.6. The van der Waals surface area contributed by atoms with E-state index >= 15 is 0 Å². The summed E-state index contributed by atoms with van der Waals surface area (Å²) in [6.07, 6.45) is 0.509. The normalized spacial score (nSPS) is 20.7. The Morgan fingerprint density at radius 2 is 2.35 bits per heavy atom. The second-order valence-corrected chi connectivity index (χ2v) is 6.05. The minimum absolute atomic E-state index is 0.0706. The molecule has 0 unspecified atom stereocenters. The zero-order valence-electron chi connectivity index (χ0n) is 12.6. The van der Waals surface area contributed by atoms with Gasteiger partial charge in [0.05, 0.1) is 23.2 Å². The van der Waals surface area contributed by atoms with Gasteiger partial charge in [-0.15, -0.1) is 0 Å². The summed E-state index contributed by atoms with van der Waals surface area (Å²) >= 11 is 5.70. The van der Waals surface area contributed by atoms with Crippen LogP contribution in [0.2, 0.25) is 5.02 Å². The van der Waals surface area contributed by atoms with E-state index in [2.05, 4.69) is 15.5 Å². The molecule has 0 bridgehead atoms. The summed E-state index contributed by atoms with van der Waals surface area (Å²) in [4.78, 5) is 12.2.